The molecule has 0 amide bonds. The molecule has 1 saturated carbocycles. The van der Waals surface area contributed by atoms with Crippen LogP contribution in [0.2, 0.25) is 0 Å². The van der Waals surface area contributed by atoms with Crippen LogP contribution < -0.4 is 0 Å². The minimum atomic E-state index is -0.539. The summed E-state index contributed by atoms with van der Waals surface area (Å²) in [4.78, 5) is 0. The fourth-order valence-electron chi connectivity index (χ4n) is 3.26. The Bertz CT molecular complexity index is 620. The van der Waals surface area contributed by atoms with Gasteiger partial charge in [0.25, 0.3) is 0 Å². The molecular formula is C18H21FO2. The van der Waals surface area contributed by atoms with E-state index in [0.717, 1.165) is 36.8 Å². The Balaban J connectivity index is 1.74. The predicted octanol–water partition coefficient (Wildman–Crippen LogP) is 4.22. The van der Waals surface area contributed by atoms with E-state index in [4.69, 9.17) is 4.74 Å². The van der Waals surface area contributed by atoms with Gasteiger partial charge < -0.3 is 9.84 Å². The number of aliphatic hydroxyl groups excluding tert-OH is 1. The first kappa shape index (κ1) is 14.5. The number of hydrogen-bond donors (Lipinski definition) is 1. The first-order valence-electron chi connectivity index (χ1n) is 7.65. The number of rotatable bonds is 5. The lowest BCUT2D eigenvalue weighted by molar-refractivity contribution is -0.0379. The van der Waals surface area contributed by atoms with Gasteiger partial charge in [0.05, 0.1) is 12.2 Å². The number of aliphatic hydroxyl groups is 1. The monoisotopic (exact) mass is 288 g/mol. The lowest BCUT2D eigenvalue weighted by atomic mass is 9.77. The van der Waals surface area contributed by atoms with Gasteiger partial charge >= 0.3 is 0 Å². The molecule has 2 aromatic rings. The molecule has 21 heavy (non-hydrogen) atoms. The SMILES string of the molecule is CCOC1CC(CC(O)c2ccc(F)c3ccccc23)C1. The molecule has 112 valence electrons. The quantitative estimate of drug-likeness (QED) is 0.892. The summed E-state index contributed by atoms with van der Waals surface area (Å²) in [6.07, 6.45) is 2.58. The number of halogens is 1. The molecule has 1 N–H and O–H groups in total. The van der Waals surface area contributed by atoms with E-state index in [0.29, 0.717) is 17.4 Å². The molecule has 0 heterocycles. The predicted molar refractivity (Wildman–Crippen MR) is 81.6 cm³/mol. The summed E-state index contributed by atoms with van der Waals surface area (Å²) in [5.74, 6) is 0.266. The minimum Gasteiger partial charge on any atom is -0.388 e. The molecule has 2 aromatic carbocycles. The van der Waals surface area contributed by atoms with Crippen LogP contribution in [-0.2, 0) is 4.74 Å². The Labute approximate surface area is 124 Å². The average Bonchev–Trinajstić information content (AvgIpc) is 2.45. The highest BCUT2D eigenvalue weighted by atomic mass is 19.1. The van der Waals surface area contributed by atoms with Gasteiger partial charge in [0.1, 0.15) is 5.82 Å². The van der Waals surface area contributed by atoms with Crippen LogP contribution in [-0.4, -0.2) is 17.8 Å². The lowest BCUT2D eigenvalue weighted by Gasteiger charge is -2.36. The molecule has 1 unspecified atom stereocenters. The van der Waals surface area contributed by atoms with Crippen molar-refractivity contribution in [3.63, 3.8) is 0 Å². The summed E-state index contributed by atoms with van der Waals surface area (Å²) in [5, 5.41) is 11.9. The third kappa shape index (κ3) is 2.94. The standard InChI is InChI=1S/C18H21FO2/c1-2-21-13-9-12(10-13)11-18(20)16-7-8-17(19)15-6-4-3-5-14(15)16/h3-8,12-13,18,20H,2,9-11H2,1H3. The maximum atomic E-state index is 13.8. The van der Waals surface area contributed by atoms with Crippen LogP contribution in [0.1, 0.15) is 37.9 Å². The fourth-order valence-corrected chi connectivity index (χ4v) is 3.26. The summed E-state index contributed by atoms with van der Waals surface area (Å²) in [7, 11) is 0. The van der Waals surface area contributed by atoms with Crippen molar-refractivity contribution in [1.29, 1.82) is 0 Å². The Kier molecular flexibility index (Phi) is 4.22. The first-order chi connectivity index (χ1) is 10.2. The zero-order valence-corrected chi connectivity index (χ0v) is 12.3. The van der Waals surface area contributed by atoms with Crippen LogP contribution in [0, 0.1) is 11.7 Å². The van der Waals surface area contributed by atoms with E-state index >= 15 is 0 Å². The van der Waals surface area contributed by atoms with Gasteiger partial charge in [0.15, 0.2) is 0 Å². The smallest absolute Gasteiger partial charge is 0.131 e. The van der Waals surface area contributed by atoms with Crippen LogP contribution in [0.3, 0.4) is 0 Å². The molecule has 0 bridgehead atoms. The lowest BCUT2D eigenvalue weighted by Crippen LogP contribution is -2.32. The van der Waals surface area contributed by atoms with E-state index in [-0.39, 0.29) is 5.82 Å². The third-order valence-electron chi connectivity index (χ3n) is 4.42. The second-order valence-corrected chi connectivity index (χ2v) is 5.85. The van der Waals surface area contributed by atoms with Crippen LogP contribution in [0.4, 0.5) is 4.39 Å². The molecule has 0 saturated heterocycles. The van der Waals surface area contributed by atoms with Crippen molar-refractivity contribution < 1.29 is 14.2 Å². The number of benzene rings is 2. The van der Waals surface area contributed by atoms with Gasteiger partial charge in [0.2, 0.25) is 0 Å². The molecule has 0 aromatic heterocycles. The van der Waals surface area contributed by atoms with E-state index in [1.165, 1.54) is 6.07 Å². The van der Waals surface area contributed by atoms with E-state index in [1.807, 2.05) is 25.1 Å². The van der Waals surface area contributed by atoms with Crippen molar-refractivity contribution in [1.82, 2.24) is 0 Å². The van der Waals surface area contributed by atoms with Crippen molar-refractivity contribution in [2.75, 3.05) is 6.61 Å². The van der Waals surface area contributed by atoms with Gasteiger partial charge in [-0.1, -0.05) is 30.3 Å². The molecule has 1 aliphatic rings. The molecule has 1 aliphatic carbocycles. The average molecular weight is 288 g/mol. The van der Waals surface area contributed by atoms with Crippen molar-refractivity contribution in [2.24, 2.45) is 5.92 Å². The van der Waals surface area contributed by atoms with Crippen LogP contribution in [0.15, 0.2) is 36.4 Å². The Morgan fingerprint density at radius 1 is 1.19 bits per heavy atom. The second kappa shape index (κ2) is 6.12. The number of ether oxygens (including phenoxy) is 1. The highest BCUT2D eigenvalue weighted by Gasteiger charge is 2.31. The third-order valence-corrected chi connectivity index (χ3v) is 4.42. The summed E-state index contributed by atoms with van der Waals surface area (Å²) in [6.45, 7) is 2.76. The first-order valence-corrected chi connectivity index (χ1v) is 7.65. The van der Waals surface area contributed by atoms with Gasteiger partial charge in [-0.2, -0.15) is 0 Å². The molecule has 3 rings (SSSR count). The maximum Gasteiger partial charge on any atom is 0.131 e. The van der Waals surface area contributed by atoms with Crippen molar-refractivity contribution in [3.8, 4) is 0 Å². The van der Waals surface area contributed by atoms with Crippen LogP contribution in [0.25, 0.3) is 10.8 Å². The highest BCUT2D eigenvalue weighted by Crippen LogP contribution is 2.38. The maximum absolute atomic E-state index is 13.8. The van der Waals surface area contributed by atoms with Crippen LogP contribution >= 0.6 is 0 Å². The fraction of sp³-hybridized carbons (Fsp3) is 0.444. The minimum absolute atomic E-state index is 0.235. The van der Waals surface area contributed by atoms with Crippen molar-refractivity contribution in [3.05, 3.63) is 47.8 Å². The van der Waals surface area contributed by atoms with Crippen molar-refractivity contribution >= 4 is 10.8 Å². The van der Waals surface area contributed by atoms with Gasteiger partial charge in [0, 0.05) is 12.0 Å². The topological polar surface area (TPSA) is 29.5 Å². The molecule has 1 fully saturated rings. The molecular weight excluding hydrogens is 267 g/mol. The normalized spacial score (nSPS) is 23.0. The second-order valence-electron chi connectivity index (χ2n) is 5.85. The highest BCUT2D eigenvalue weighted by molar-refractivity contribution is 5.86. The number of fused-ring (bicyclic) bond motifs is 1. The van der Waals surface area contributed by atoms with E-state index in [1.54, 1.807) is 12.1 Å². The van der Waals surface area contributed by atoms with Gasteiger partial charge in [-0.15, -0.1) is 0 Å². The summed E-state index contributed by atoms with van der Waals surface area (Å²) in [6, 6.07) is 10.5. The van der Waals surface area contributed by atoms with Gasteiger partial charge in [-0.05, 0) is 49.1 Å². The Morgan fingerprint density at radius 2 is 1.90 bits per heavy atom. The molecule has 3 heteroatoms. The zero-order chi connectivity index (χ0) is 14.8. The molecule has 2 nitrogen and oxygen atoms in total. The van der Waals surface area contributed by atoms with Crippen LogP contribution in [0.5, 0.6) is 0 Å². The van der Waals surface area contributed by atoms with E-state index in [9.17, 15) is 9.50 Å². The van der Waals surface area contributed by atoms with Gasteiger partial charge in [-0.25, -0.2) is 4.39 Å². The van der Waals surface area contributed by atoms with Gasteiger partial charge in [-0.3, -0.25) is 0 Å². The summed E-state index contributed by atoms with van der Waals surface area (Å²) >= 11 is 0. The molecule has 1 atom stereocenters. The Hall–Kier alpha value is -1.45. The Morgan fingerprint density at radius 3 is 2.62 bits per heavy atom. The van der Waals surface area contributed by atoms with Crippen molar-refractivity contribution in [2.45, 2.75) is 38.4 Å². The largest absolute Gasteiger partial charge is 0.388 e. The zero-order valence-electron chi connectivity index (χ0n) is 12.3. The summed E-state index contributed by atoms with van der Waals surface area (Å²) in [5.41, 5.74) is 0.826. The number of hydrogen-bond acceptors (Lipinski definition) is 2. The molecule has 0 radical (unpaired) electrons. The molecule has 0 aliphatic heterocycles. The van der Waals surface area contributed by atoms with E-state index in [2.05, 4.69) is 0 Å². The summed E-state index contributed by atoms with van der Waals surface area (Å²) < 4.78 is 19.4. The van der Waals surface area contributed by atoms with E-state index < -0.39 is 6.10 Å². The molecule has 0 spiro atoms.